The first kappa shape index (κ1) is 27.4. The number of imidazole rings is 1. The molecule has 0 saturated heterocycles. The number of anilines is 1. The van der Waals surface area contributed by atoms with Crippen molar-refractivity contribution in [2.45, 2.75) is 18.9 Å². The molecule has 5 aromatic rings. The molecule has 0 saturated carbocycles. The molecule has 7 nitrogen and oxygen atoms in total. The summed E-state index contributed by atoms with van der Waals surface area (Å²) in [7, 11) is 1.98. The molecule has 5 rings (SSSR count). The number of aromatic nitrogens is 2. The van der Waals surface area contributed by atoms with E-state index in [1.807, 2.05) is 78.5 Å². The minimum Gasteiger partial charge on any atom is -0.493 e. The minimum atomic E-state index is -1.00. The molecular weight excluding hydrogens is 514 g/mol. The summed E-state index contributed by atoms with van der Waals surface area (Å²) in [4.78, 5) is 30.0. The molecule has 0 fully saturated rings. The molecule has 0 aliphatic carbocycles. The van der Waals surface area contributed by atoms with Crippen LogP contribution in [0.25, 0.3) is 11.3 Å². The average Bonchev–Trinajstić information content (AvgIpc) is 3.38. The number of carboxylic acid groups (broad SMARTS) is 1. The number of carbonyl (C=O) groups excluding carboxylic acids is 1. The number of hydrogen-bond donors (Lipinski definition) is 2. The normalized spacial score (nSPS) is 11.5. The summed E-state index contributed by atoms with van der Waals surface area (Å²) in [6, 6.07) is 32.5. The molecule has 0 unspecified atom stereocenters. The first-order valence-electron chi connectivity index (χ1n) is 13.5. The van der Waals surface area contributed by atoms with Crippen molar-refractivity contribution < 1.29 is 19.4 Å². The van der Waals surface area contributed by atoms with Gasteiger partial charge in [0, 0.05) is 48.5 Å². The second kappa shape index (κ2) is 12.8. The summed E-state index contributed by atoms with van der Waals surface area (Å²) in [5.74, 6) is 0.463. The van der Waals surface area contributed by atoms with Gasteiger partial charge in [0.15, 0.2) is 5.78 Å². The number of carboxylic acids is 1. The fraction of sp³-hybridized carbons (Fsp3) is 0.147. The van der Waals surface area contributed by atoms with E-state index in [0.29, 0.717) is 35.6 Å². The summed E-state index contributed by atoms with van der Waals surface area (Å²) in [5, 5.41) is 13.0. The fourth-order valence-electron chi connectivity index (χ4n) is 4.64. The van der Waals surface area contributed by atoms with Gasteiger partial charge in [-0.2, -0.15) is 0 Å². The Morgan fingerprint density at radius 3 is 2.24 bits per heavy atom. The topological polar surface area (TPSA) is 93.5 Å². The highest BCUT2D eigenvalue weighted by atomic mass is 16.5. The summed E-state index contributed by atoms with van der Waals surface area (Å²) < 4.78 is 7.96. The molecule has 0 aliphatic heterocycles. The van der Waals surface area contributed by atoms with Crippen LogP contribution in [0.1, 0.15) is 27.3 Å². The molecule has 0 spiro atoms. The van der Waals surface area contributed by atoms with Gasteiger partial charge >= 0.3 is 5.97 Å². The summed E-state index contributed by atoms with van der Waals surface area (Å²) in [5.41, 5.74) is 4.30. The van der Waals surface area contributed by atoms with E-state index in [2.05, 4.69) is 5.32 Å². The summed E-state index contributed by atoms with van der Waals surface area (Å²) in [6.07, 6.45) is 2.90. The van der Waals surface area contributed by atoms with Crippen molar-refractivity contribution in [3.05, 3.63) is 138 Å². The lowest BCUT2D eigenvalue weighted by Gasteiger charge is -2.18. The van der Waals surface area contributed by atoms with Crippen LogP contribution >= 0.6 is 0 Å². The Balaban J connectivity index is 1.19. The monoisotopic (exact) mass is 545 g/mol. The van der Waals surface area contributed by atoms with Crippen molar-refractivity contribution in [3.8, 4) is 17.0 Å². The predicted octanol–water partition coefficient (Wildman–Crippen LogP) is 6.05. The second-order valence-electron chi connectivity index (χ2n) is 9.74. The maximum Gasteiger partial charge on any atom is 0.326 e. The number of aryl methyl sites for hydroxylation is 1. The standard InChI is InChI=1S/C34H31N3O4/c1-37-23-31(25-10-4-2-5-11-25)36-32(37)20-21-41-27-18-16-24(17-19-27)22-30(34(39)40)35-29-15-9-8-14-28(29)33(38)26-12-6-3-7-13-26/h2-19,23,30,35H,20-22H2,1H3,(H,39,40)/t30-/m0/s1. The number of benzene rings is 4. The van der Waals surface area contributed by atoms with Crippen molar-refractivity contribution in [1.29, 1.82) is 0 Å². The Hall–Kier alpha value is -5.17. The third-order valence-electron chi connectivity index (χ3n) is 6.84. The predicted molar refractivity (Wildman–Crippen MR) is 159 cm³/mol. The Kier molecular flexibility index (Phi) is 8.55. The number of nitrogens with zero attached hydrogens (tertiary/aromatic N) is 2. The van der Waals surface area contributed by atoms with Crippen LogP contribution in [0.15, 0.2) is 115 Å². The molecular formula is C34H31N3O4. The first-order valence-corrected chi connectivity index (χ1v) is 13.5. The zero-order valence-corrected chi connectivity index (χ0v) is 22.7. The smallest absolute Gasteiger partial charge is 0.326 e. The summed E-state index contributed by atoms with van der Waals surface area (Å²) >= 11 is 0. The molecule has 0 amide bonds. The van der Waals surface area contributed by atoms with E-state index in [-0.39, 0.29) is 12.2 Å². The highest BCUT2D eigenvalue weighted by Gasteiger charge is 2.21. The van der Waals surface area contributed by atoms with Gasteiger partial charge in [-0.15, -0.1) is 0 Å². The van der Waals surface area contributed by atoms with Crippen LogP contribution in [-0.4, -0.2) is 39.1 Å². The van der Waals surface area contributed by atoms with E-state index >= 15 is 0 Å². The van der Waals surface area contributed by atoms with E-state index < -0.39 is 12.0 Å². The van der Waals surface area contributed by atoms with E-state index in [9.17, 15) is 14.7 Å². The zero-order chi connectivity index (χ0) is 28.6. The van der Waals surface area contributed by atoms with Gasteiger partial charge in [0.1, 0.15) is 17.6 Å². The maximum absolute atomic E-state index is 13.1. The van der Waals surface area contributed by atoms with E-state index in [0.717, 1.165) is 22.6 Å². The Morgan fingerprint density at radius 2 is 1.54 bits per heavy atom. The van der Waals surface area contributed by atoms with Crippen molar-refractivity contribution in [2.75, 3.05) is 11.9 Å². The highest BCUT2D eigenvalue weighted by Crippen LogP contribution is 2.22. The van der Waals surface area contributed by atoms with Crippen LogP contribution in [0, 0.1) is 0 Å². The third-order valence-corrected chi connectivity index (χ3v) is 6.84. The molecule has 41 heavy (non-hydrogen) atoms. The van der Waals surface area contributed by atoms with Crippen LogP contribution in [0.2, 0.25) is 0 Å². The van der Waals surface area contributed by atoms with Crippen molar-refractivity contribution in [2.24, 2.45) is 7.05 Å². The molecule has 0 bridgehead atoms. The van der Waals surface area contributed by atoms with Gasteiger partial charge in [-0.25, -0.2) is 9.78 Å². The number of ether oxygens (including phenoxy) is 1. The number of para-hydroxylation sites is 1. The maximum atomic E-state index is 13.1. The van der Waals surface area contributed by atoms with Crippen molar-refractivity contribution >= 4 is 17.4 Å². The molecule has 7 heteroatoms. The Labute approximate surface area is 239 Å². The number of carbonyl (C=O) groups is 2. The number of ketones is 1. The average molecular weight is 546 g/mol. The number of nitrogens with one attached hydrogen (secondary N) is 1. The van der Waals surface area contributed by atoms with Crippen LogP contribution in [0.5, 0.6) is 5.75 Å². The number of aliphatic carboxylic acids is 1. The van der Waals surface area contributed by atoms with Crippen LogP contribution in [-0.2, 0) is 24.7 Å². The van der Waals surface area contributed by atoms with Crippen LogP contribution < -0.4 is 10.1 Å². The Morgan fingerprint density at radius 1 is 0.878 bits per heavy atom. The van der Waals surface area contributed by atoms with Crippen LogP contribution in [0.3, 0.4) is 0 Å². The molecule has 0 radical (unpaired) electrons. The van der Waals surface area contributed by atoms with Gasteiger partial charge in [0.25, 0.3) is 0 Å². The van der Waals surface area contributed by atoms with Gasteiger partial charge in [0.2, 0.25) is 0 Å². The fourth-order valence-corrected chi connectivity index (χ4v) is 4.64. The first-order chi connectivity index (χ1) is 20.0. The Bertz CT molecular complexity index is 1610. The summed E-state index contributed by atoms with van der Waals surface area (Å²) in [6.45, 7) is 0.462. The van der Waals surface area contributed by atoms with Crippen LogP contribution in [0.4, 0.5) is 5.69 Å². The lowest BCUT2D eigenvalue weighted by atomic mass is 10.00. The largest absolute Gasteiger partial charge is 0.493 e. The molecule has 4 aromatic carbocycles. The lowest BCUT2D eigenvalue weighted by molar-refractivity contribution is -0.137. The van der Waals surface area contributed by atoms with Crippen molar-refractivity contribution in [3.63, 3.8) is 0 Å². The molecule has 206 valence electrons. The SMILES string of the molecule is Cn1cc(-c2ccccc2)nc1CCOc1ccc(C[C@H](Nc2ccccc2C(=O)c2ccccc2)C(=O)O)cc1. The minimum absolute atomic E-state index is 0.166. The quantitative estimate of drug-likeness (QED) is 0.186. The molecule has 1 aromatic heterocycles. The molecule has 1 atom stereocenters. The number of rotatable bonds is 12. The third kappa shape index (κ3) is 6.89. The van der Waals surface area contributed by atoms with Gasteiger partial charge < -0.3 is 19.7 Å². The zero-order valence-electron chi connectivity index (χ0n) is 22.7. The highest BCUT2D eigenvalue weighted by molar-refractivity contribution is 6.12. The van der Waals surface area contributed by atoms with Gasteiger partial charge in [0.05, 0.1) is 12.3 Å². The van der Waals surface area contributed by atoms with Gasteiger partial charge in [-0.3, -0.25) is 4.79 Å². The van der Waals surface area contributed by atoms with Gasteiger partial charge in [-0.1, -0.05) is 84.9 Å². The molecule has 2 N–H and O–H groups in total. The number of hydrogen-bond acceptors (Lipinski definition) is 5. The lowest BCUT2D eigenvalue weighted by Crippen LogP contribution is -2.32. The van der Waals surface area contributed by atoms with Gasteiger partial charge in [-0.05, 0) is 29.8 Å². The van der Waals surface area contributed by atoms with E-state index in [1.54, 1.807) is 48.5 Å². The van der Waals surface area contributed by atoms with E-state index in [4.69, 9.17) is 9.72 Å². The van der Waals surface area contributed by atoms with E-state index in [1.165, 1.54) is 0 Å². The second-order valence-corrected chi connectivity index (χ2v) is 9.74. The molecule has 0 aliphatic rings. The van der Waals surface area contributed by atoms with Crippen molar-refractivity contribution in [1.82, 2.24) is 9.55 Å². The molecule has 1 heterocycles.